The van der Waals surface area contributed by atoms with Crippen LogP contribution in [0, 0.1) is 5.92 Å². The average Bonchev–Trinajstić information content (AvgIpc) is 2.00. The first kappa shape index (κ1) is 14.1. The fourth-order valence-corrected chi connectivity index (χ4v) is 0.975. The Bertz CT molecular complexity index is 218. The summed E-state index contributed by atoms with van der Waals surface area (Å²) in [6.07, 6.45) is -10.3. The number of halogens is 5. The number of rotatable bonds is 5. The first-order chi connectivity index (χ1) is 6.64. The number of hydrogen-bond donors (Lipinski definition) is 2. The number of alkyl halides is 5. The maximum absolute atomic E-state index is 12.1. The second-order valence-corrected chi connectivity index (χ2v) is 3.07. The molecule has 0 aliphatic heterocycles. The van der Waals surface area contributed by atoms with Gasteiger partial charge in [-0.3, -0.25) is 4.79 Å². The lowest BCUT2D eigenvalue weighted by Crippen LogP contribution is -2.36. The van der Waals surface area contributed by atoms with Gasteiger partial charge in [0.25, 0.3) is 6.43 Å². The number of aliphatic carboxylic acids is 1. The van der Waals surface area contributed by atoms with Crippen LogP contribution in [0.25, 0.3) is 0 Å². The third-order valence-corrected chi connectivity index (χ3v) is 1.76. The zero-order valence-electron chi connectivity index (χ0n) is 7.47. The van der Waals surface area contributed by atoms with Gasteiger partial charge in [-0.05, 0) is 6.42 Å². The normalized spacial score (nSPS) is 16.5. The molecule has 0 aromatic rings. The summed E-state index contributed by atoms with van der Waals surface area (Å²) in [6.45, 7) is 0. The van der Waals surface area contributed by atoms with Crippen molar-refractivity contribution >= 4 is 5.97 Å². The summed E-state index contributed by atoms with van der Waals surface area (Å²) in [7, 11) is 0. The molecule has 3 nitrogen and oxygen atoms in total. The van der Waals surface area contributed by atoms with E-state index in [0.29, 0.717) is 0 Å². The van der Waals surface area contributed by atoms with Gasteiger partial charge in [-0.15, -0.1) is 0 Å². The molecule has 0 aromatic carbocycles. The van der Waals surface area contributed by atoms with Crippen LogP contribution in [0.5, 0.6) is 0 Å². The molecule has 0 bridgehead atoms. The van der Waals surface area contributed by atoms with Gasteiger partial charge in [0.05, 0.1) is 18.4 Å². The van der Waals surface area contributed by atoms with E-state index in [1.54, 1.807) is 0 Å². The molecule has 0 unspecified atom stereocenters. The second kappa shape index (κ2) is 5.24. The number of carboxylic acid groups (broad SMARTS) is 1. The fraction of sp³-hybridized carbons (Fsp3) is 0.857. The predicted octanol–water partition coefficient (Wildman–Crippen LogP) is 1.62. The van der Waals surface area contributed by atoms with Gasteiger partial charge in [0.1, 0.15) is 0 Å². The largest absolute Gasteiger partial charge is 0.481 e. The zero-order chi connectivity index (χ0) is 12.2. The molecule has 0 aliphatic carbocycles. The van der Waals surface area contributed by atoms with E-state index >= 15 is 0 Å². The minimum atomic E-state index is -4.83. The summed E-state index contributed by atoms with van der Waals surface area (Å²) in [5.74, 6) is -4.03. The van der Waals surface area contributed by atoms with E-state index in [2.05, 4.69) is 0 Å². The summed E-state index contributed by atoms with van der Waals surface area (Å²) in [6, 6.07) is -1.96. The fourth-order valence-electron chi connectivity index (χ4n) is 0.975. The first-order valence-electron chi connectivity index (χ1n) is 3.96. The maximum Gasteiger partial charge on any atom is 0.392 e. The highest BCUT2D eigenvalue weighted by molar-refractivity contribution is 5.67. The molecule has 3 N–H and O–H groups in total. The molecular weight excluding hydrogens is 225 g/mol. The van der Waals surface area contributed by atoms with Crippen molar-refractivity contribution in [2.24, 2.45) is 11.7 Å². The molecule has 0 radical (unpaired) electrons. The van der Waals surface area contributed by atoms with Crippen LogP contribution in [0.4, 0.5) is 22.0 Å². The highest BCUT2D eigenvalue weighted by Crippen LogP contribution is 2.32. The Kier molecular flexibility index (Phi) is 4.92. The van der Waals surface area contributed by atoms with Crippen molar-refractivity contribution < 1.29 is 31.9 Å². The molecule has 2 atom stereocenters. The number of hydrogen-bond acceptors (Lipinski definition) is 2. The van der Waals surface area contributed by atoms with Gasteiger partial charge >= 0.3 is 12.1 Å². The lowest BCUT2D eigenvalue weighted by Gasteiger charge is -2.21. The standard InChI is InChI=1S/C7H10F5NO2/c8-6(9)4(13)1-3(2-5(14)15)7(10,11)12/h3-4,6H,1-2,13H2,(H,14,15)/t3-,4+/m1/s1. The molecule has 0 aromatic heterocycles. The van der Waals surface area contributed by atoms with Crippen molar-refractivity contribution in [3.63, 3.8) is 0 Å². The molecular formula is C7H10F5NO2. The lowest BCUT2D eigenvalue weighted by atomic mass is 9.96. The van der Waals surface area contributed by atoms with E-state index in [0.717, 1.165) is 0 Å². The Morgan fingerprint density at radius 3 is 2.07 bits per heavy atom. The van der Waals surface area contributed by atoms with Crippen LogP contribution in [0.1, 0.15) is 12.8 Å². The minimum absolute atomic E-state index is 1.09. The first-order valence-corrected chi connectivity index (χ1v) is 3.96. The molecule has 0 heterocycles. The maximum atomic E-state index is 12.1. The van der Waals surface area contributed by atoms with Crippen LogP contribution in [0.3, 0.4) is 0 Å². The van der Waals surface area contributed by atoms with Crippen LogP contribution in [-0.2, 0) is 4.79 Å². The quantitative estimate of drug-likeness (QED) is 0.712. The molecule has 0 aliphatic rings. The Morgan fingerprint density at radius 1 is 1.33 bits per heavy atom. The summed E-state index contributed by atoms with van der Waals surface area (Å²) in [5, 5.41) is 8.17. The highest BCUT2D eigenvalue weighted by Gasteiger charge is 2.42. The van der Waals surface area contributed by atoms with Gasteiger partial charge < -0.3 is 10.8 Å². The van der Waals surface area contributed by atoms with Crippen LogP contribution in [0.2, 0.25) is 0 Å². The number of nitrogens with two attached hydrogens (primary N) is 1. The third kappa shape index (κ3) is 5.50. The van der Waals surface area contributed by atoms with Crippen molar-refractivity contribution in [3.05, 3.63) is 0 Å². The van der Waals surface area contributed by atoms with Gasteiger partial charge in [-0.1, -0.05) is 0 Å². The van der Waals surface area contributed by atoms with Crippen molar-refractivity contribution in [3.8, 4) is 0 Å². The SMILES string of the molecule is N[C@@H](C[C@H](CC(=O)O)C(F)(F)F)C(F)F. The summed E-state index contributed by atoms with van der Waals surface area (Å²) >= 11 is 0. The lowest BCUT2D eigenvalue weighted by molar-refractivity contribution is -0.186. The van der Waals surface area contributed by atoms with Gasteiger partial charge in [0.2, 0.25) is 0 Å². The van der Waals surface area contributed by atoms with Crippen LogP contribution >= 0.6 is 0 Å². The van der Waals surface area contributed by atoms with E-state index in [1.165, 1.54) is 0 Å². The molecule has 0 rings (SSSR count). The molecule has 0 fully saturated rings. The van der Waals surface area contributed by atoms with Gasteiger partial charge in [0.15, 0.2) is 0 Å². The Balaban J connectivity index is 4.45. The van der Waals surface area contributed by atoms with Crippen molar-refractivity contribution in [2.75, 3.05) is 0 Å². The Labute approximate surface area is 82.1 Å². The minimum Gasteiger partial charge on any atom is -0.481 e. The predicted molar refractivity (Wildman–Crippen MR) is 40.4 cm³/mol. The topological polar surface area (TPSA) is 63.3 Å². The second-order valence-electron chi connectivity index (χ2n) is 3.07. The monoisotopic (exact) mass is 235 g/mol. The van der Waals surface area contributed by atoms with E-state index in [4.69, 9.17) is 10.8 Å². The molecule has 0 saturated carbocycles. The average molecular weight is 235 g/mol. The molecule has 0 saturated heterocycles. The molecule has 8 heteroatoms. The summed E-state index contributed by atoms with van der Waals surface area (Å²) < 4.78 is 60.2. The third-order valence-electron chi connectivity index (χ3n) is 1.76. The van der Waals surface area contributed by atoms with E-state index < -0.39 is 43.4 Å². The molecule has 15 heavy (non-hydrogen) atoms. The number of carbonyl (C=O) groups is 1. The van der Waals surface area contributed by atoms with E-state index in [-0.39, 0.29) is 0 Å². The number of carboxylic acids is 1. The van der Waals surface area contributed by atoms with Gasteiger partial charge in [0, 0.05) is 0 Å². The molecule has 0 amide bonds. The van der Waals surface area contributed by atoms with E-state index in [9.17, 15) is 26.7 Å². The van der Waals surface area contributed by atoms with Crippen molar-refractivity contribution in [1.82, 2.24) is 0 Å². The molecule has 90 valence electrons. The zero-order valence-corrected chi connectivity index (χ0v) is 7.47. The van der Waals surface area contributed by atoms with Crippen molar-refractivity contribution in [2.45, 2.75) is 31.5 Å². The smallest absolute Gasteiger partial charge is 0.392 e. The van der Waals surface area contributed by atoms with E-state index in [1.807, 2.05) is 0 Å². The van der Waals surface area contributed by atoms with Crippen LogP contribution in [0.15, 0.2) is 0 Å². The van der Waals surface area contributed by atoms with Crippen LogP contribution < -0.4 is 5.73 Å². The summed E-state index contributed by atoms with van der Waals surface area (Å²) in [5.41, 5.74) is 4.75. The Hall–Kier alpha value is -0.920. The molecule has 0 spiro atoms. The Morgan fingerprint density at radius 2 is 1.80 bits per heavy atom. The highest BCUT2D eigenvalue weighted by atomic mass is 19.4. The van der Waals surface area contributed by atoms with Gasteiger partial charge in [-0.2, -0.15) is 13.2 Å². The van der Waals surface area contributed by atoms with Gasteiger partial charge in [-0.25, -0.2) is 8.78 Å². The van der Waals surface area contributed by atoms with Crippen LogP contribution in [-0.4, -0.2) is 29.7 Å². The summed E-state index contributed by atoms with van der Waals surface area (Å²) in [4.78, 5) is 10.1. The van der Waals surface area contributed by atoms with Crippen molar-refractivity contribution in [1.29, 1.82) is 0 Å².